The molecule has 1 heterocycles. The molecule has 0 radical (unpaired) electrons. The molecule has 0 aliphatic rings. The molecule has 3 aromatic rings. The average molecular weight is 333 g/mol. The third kappa shape index (κ3) is 3.34. The molecular weight excluding hydrogens is 320 g/mol. The summed E-state index contributed by atoms with van der Waals surface area (Å²) in [7, 11) is 1.86. The molecule has 23 heavy (non-hydrogen) atoms. The van der Waals surface area contributed by atoms with E-state index < -0.39 is 17.5 Å². The highest BCUT2D eigenvalue weighted by Crippen LogP contribution is 2.23. The third-order valence-corrected chi connectivity index (χ3v) is 4.31. The fraction of sp³-hybridized carbons (Fsp3) is 0.125. The molecule has 1 aromatic heterocycles. The van der Waals surface area contributed by atoms with Crippen molar-refractivity contribution in [3.05, 3.63) is 54.1 Å². The van der Waals surface area contributed by atoms with Gasteiger partial charge in [0.05, 0.1) is 22.5 Å². The highest BCUT2D eigenvalue weighted by atomic mass is 32.2. The zero-order chi connectivity index (χ0) is 16.4. The molecule has 0 fully saturated rings. The number of halogens is 2. The number of thioether (sulfide) groups is 1. The number of para-hydroxylation sites is 2. The van der Waals surface area contributed by atoms with Gasteiger partial charge in [-0.3, -0.25) is 4.79 Å². The van der Waals surface area contributed by atoms with Crippen molar-refractivity contribution in [3.63, 3.8) is 0 Å². The van der Waals surface area contributed by atoms with E-state index in [1.54, 1.807) is 0 Å². The predicted octanol–water partition coefficient (Wildman–Crippen LogP) is 3.58. The molecule has 118 valence electrons. The van der Waals surface area contributed by atoms with Crippen LogP contribution in [0.2, 0.25) is 0 Å². The Balaban J connectivity index is 1.68. The molecule has 7 heteroatoms. The first-order chi connectivity index (χ1) is 11.0. The van der Waals surface area contributed by atoms with Crippen molar-refractivity contribution in [1.29, 1.82) is 0 Å². The number of carbonyl (C=O) groups is 1. The van der Waals surface area contributed by atoms with Crippen LogP contribution < -0.4 is 5.32 Å². The summed E-state index contributed by atoms with van der Waals surface area (Å²) in [5.41, 5.74) is 1.64. The summed E-state index contributed by atoms with van der Waals surface area (Å²) in [5.74, 6) is -1.66. The fourth-order valence-electron chi connectivity index (χ4n) is 2.16. The van der Waals surface area contributed by atoms with E-state index >= 15 is 0 Å². The van der Waals surface area contributed by atoms with E-state index in [9.17, 15) is 13.6 Å². The molecule has 0 saturated heterocycles. The average Bonchev–Trinajstić information content (AvgIpc) is 2.86. The molecule has 0 atom stereocenters. The van der Waals surface area contributed by atoms with Gasteiger partial charge in [0.1, 0.15) is 11.6 Å². The van der Waals surface area contributed by atoms with Gasteiger partial charge in [0.25, 0.3) is 0 Å². The molecule has 3 rings (SSSR count). The summed E-state index contributed by atoms with van der Waals surface area (Å²) in [6, 6.07) is 10.6. The molecule has 0 aliphatic carbocycles. The Bertz CT molecular complexity index is 879. The Morgan fingerprint density at radius 3 is 2.83 bits per heavy atom. The summed E-state index contributed by atoms with van der Waals surface area (Å²) in [5, 5.41) is 3.04. The summed E-state index contributed by atoms with van der Waals surface area (Å²) >= 11 is 1.23. The van der Waals surface area contributed by atoms with Crippen LogP contribution >= 0.6 is 11.8 Å². The predicted molar refractivity (Wildman–Crippen MR) is 86.4 cm³/mol. The maximum Gasteiger partial charge on any atom is 0.234 e. The van der Waals surface area contributed by atoms with Crippen LogP contribution in [0.5, 0.6) is 0 Å². The lowest BCUT2D eigenvalue weighted by atomic mass is 10.3. The lowest BCUT2D eigenvalue weighted by molar-refractivity contribution is -0.113. The quantitative estimate of drug-likeness (QED) is 0.742. The first-order valence-corrected chi connectivity index (χ1v) is 7.82. The van der Waals surface area contributed by atoms with E-state index in [1.165, 1.54) is 11.8 Å². The molecule has 0 spiro atoms. The van der Waals surface area contributed by atoms with Crippen molar-refractivity contribution in [2.24, 2.45) is 7.05 Å². The van der Waals surface area contributed by atoms with E-state index in [1.807, 2.05) is 35.9 Å². The third-order valence-electron chi connectivity index (χ3n) is 3.28. The number of fused-ring (bicyclic) bond motifs is 1. The van der Waals surface area contributed by atoms with Gasteiger partial charge < -0.3 is 9.88 Å². The number of aromatic nitrogens is 2. The number of hydrogen-bond acceptors (Lipinski definition) is 3. The Morgan fingerprint density at radius 2 is 2.04 bits per heavy atom. The topological polar surface area (TPSA) is 46.9 Å². The number of nitrogens with one attached hydrogen (secondary N) is 1. The largest absolute Gasteiger partial charge is 0.323 e. The lowest BCUT2D eigenvalue weighted by Crippen LogP contribution is -2.15. The monoisotopic (exact) mass is 333 g/mol. The molecular formula is C16H13F2N3OS. The molecule has 0 unspecified atom stereocenters. The highest BCUT2D eigenvalue weighted by molar-refractivity contribution is 7.99. The van der Waals surface area contributed by atoms with Gasteiger partial charge in [0.2, 0.25) is 5.91 Å². The first-order valence-electron chi connectivity index (χ1n) is 6.84. The molecule has 0 saturated carbocycles. The number of nitrogens with zero attached hydrogens (tertiary/aromatic N) is 2. The van der Waals surface area contributed by atoms with Crippen molar-refractivity contribution in [2.75, 3.05) is 11.1 Å². The van der Waals surface area contributed by atoms with E-state index in [2.05, 4.69) is 10.3 Å². The Hall–Kier alpha value is -2.41. The van der Waals surface area contributed by atoms with Crippen LogP contribution in [-0.2, 0) is 11.8 Å². The smallest absolute Gasteiger partial charge is 0.234 e. The van der Waals surface area contributed by atoms with Gasteiger partial charge in [-0.05, 0) is 24.3 Å². The van der Waals surface area contributed by atoms with Crippen LogP contribution in [0.15, 0.2) is 47.6 Å². The standard InChI is InChI=1S/C16H13F2N3OS/c1-21-14-5-3-2-4-12(14)20-16(21)23-9-15(22)19-13-8-10(17)6-7-11(13)18/h2-8H,9H2,1H3,(H,19,22). The van der Waals surface area contributed by atoms with Gasteiger partial charge in [-0.25, -0.2) is 13.8 Å². The van der Waals surface area contributed by atoms with Crippen LogP contribution in [0.3, 0.4) is 0 Å². The van der Waals surface area contributed by atoms with Crippen LogP contribution in [0.4, 0.5) is 14.5 Å². The minimum atomic E-state index is -0.674. The van der Waals surface area contributed by atoms with Crippen molar-refractivity contribution in [1.82, 2.24) is 9.55 Å². The first kappa shape index (κ1) is 15.5. The number of amides is 1. The van der Waals surface area contributed by atoms with Gasteiger partial charge in [-0.1, -0.05) is 23.9 Å². The highest BCUT2D eigenvalue weighted by Gasteiger charge is 2.12. The Labute approximate surface area is 135 Å². The Kier molecular flexibility index (Phi) is 4.29. The van der Waals surface area contributed by atoms with E-state index in [0.29, 0.717) is 5.16 Å². The van der Waals surface area contributed by atoms with Gasteiger partial charge >= 0.3 is 0 Å². The second-order valence-electron chi connectivity index (χ2n) is 4.90. The number of carbonyl (C=O) groups excluding carboxylic acids is 1. The van der Waals surface area contributed by atoms with E-state index in [4.69, 9.17) is 0 Å². The van der Waals surface area contributed by atoms with Gasteiger partial charge in [0, 0.05) is 13.1 Å². The summed E-state index contributed by atoms with van der Waals surface area (Å²) < 4.78 is 28.5. The number of rotatable bonds is 4. The van der Waals surface area contributed by atoms with Crippen LogP contribution in [0, 0.1) is 11.6 Å². The SMILES string of the molecule is Cn1c(SCC(=O)Nc2cc(F)ccc2F)nc2ccccc21. The normalized spacial score (nSPS) is 10.9. The summed E-state index contributed by atoms with van der Waals surface area (Å²) in [6.07, 6.45) is 0. The fourth-order valence-corrected chi connectivity index (χ4v) is 2.95. The van der Waals surface area contributed by atoms with E-state index in [-0.39, 0.29) is 11.4 Å². The van der Waals surface area contributed by atoms with Crippen LogP contribution in [0.1, 0.15) is 0 Å². The maximum atomic E-state index is 13.5. The molecule has 1 amide bonds. The second kappa shape index (κ2) is 6.37. The number of benzene rings is 2. The van der Waals surface area contributed by atoms with Crippen LogP contribution in [-0.4, -0.2) is 21.2 Å². The number of imidazole rings is 1. The number of anilines is 1. The molecule has 2 aromatic carbocycles. The molecule has 4 nitrogen and oxygen atoms in total. The van der Waals surface area contributed by atoms with Crippen molar-refractivity contribution >= 4 is 34.4 Å². The summed E-state index contributed by atoms with van der Waals surface area (Å²) in [6.45, 7) is 0. The molecule has 1 N–H and O–H groups in total. The minimum Gasteiger partial charge on any atom is -0.323 e. The lowest BCUT2D eigenvalue weighted by Gasteiger charge is -2.06. The molecule has 0 aliphatic heterocycles. The minimum absolute atomic E-state index is 0.0487. The van der Waals surface area contributed by atoms with Gasteiger partial charge in [-0.2, -0.15) is 0 Å². The Morgan fingerprint density at radius 1 is 1.26 bits per heavy atom. The van der Waals surface area contributed by atoms with Gasteiger partial charge in [-0.15, -0.1) is 0 Å². The van der Waals surface area contributed by atoms with E-state index in [0.717, 1.165) is 29.2 Å². The summed E-state index contributed by atoms with van der Waals surface area (Å²) in [4.78, 5) is 16.4. The number of aryl methyl sites for hydroxylation is 1. The van der Waals surface area contributed by atoms with Crippen molar-refractivity contribution < 1.29 is 13.6 Å². The zero-order valence-electron chi connectivity index (χ0n) is 12.2. The zero-order valence-corrected chi connectivity index (χ0v) is 13.0. The number of hydrogen-bond donors (Lipinski definition) is 1. The second-order valence-corrected chi connectivity index (χ2v) is 5.85. The van der Waals surface area contributed by atoms with Crippen molar-refractivity contribution in [3.8, 4) is 0 Å². The van der Waals surface area contributed by atoms with Gasteiger partial charge in [0.15, 0.2) is 5.16 Å². The van der Waals surface area contributed by atoms with Crippen molar-refractivity contribution in [2.45, 2.75) is 5.16 Å². The molecule has 0 bridgehead atoms. The van der Waals surface area contributed by atoms with Crippen LogP contribution in [0.25, 0.3) is 11.0 Å². The maximum absolute atomic E-state index is 13.5.